The Morgan fingerprint density at radius 2 is 1.85 bits per heavy atom. The highest BCUT2D eigenvalue weighted by atomic mass is 79.9. The Labute approximate surface area is 127 Å². The molecule has 0 unspecified atom stereocenters. The average molecular weight is 329 g/mol. The van der Waals surface area contributed by atoms with Crippen LogP contribution >= 0.6 is 15.9 Å². The number of aromatic nitrogens is 1. The molecular weight excluding hydrogens is 312 g/mol. The summed E-state index contributed by atoms with van der Waals surface area (Å²) in [6.07, 6.45) is 1.99. The Morgan fingerprint density at radius 3 is 2.60 bits per heavy atom. The molecule has 0 aliphatic carbocycles. The zero-order valence-electron chi connectivity index (χ0n) is 11.6. The van der Waals surface area contributed by atoms with Gasteiger partial charge in [-0.15, -0.1) is 0 Å². The second-order valence-electron chi connectivity index (χ2n) is 5.13. The maximum absolute atomic E-state index is 3.60. The molecule has 0 saturated heterocycles. The van der Waals surface area contributed by atoms with Crippen LogP contribution in [0.25, 0.3) is 10.9 Å². The number of anilines is 1. The van der Waals surface area contributed by atoms with Crippen LogP contribution in [0.2, 0.25) is 0 Å². The topological polar surface area (TPSA) is 27.8 Å². The van der Waals surface area contributed by atoms with Gasteiger partial charge in [-0.25, -0.2) is 0 Å². The number of H-pyrrole nitrogens is 1. The van der Waals surface area contributed by atoms with E-state index in [-0.39, 0.29) is 0 Å². The first-order valence-electron chi connectivity index (χ1n) is 6.71. The molecule has 1 heterocycles. The van der Waals surface area contributed by atoms with E-state index in [1.54, 1.807) is 0 Å². The van der Waals surface area contributed by atoms with Crippen molar-refractivity contribution in [2.24, 2.45) is 0 Å². The predicted octanol–water partition coefficient (Wildman–Crippen LogP) is 5.16. The largest absolute Gasteiger partial charge is 0.381 e. The van der Waals surface area contributed by atoms with Crippen LogP contribution in [0, 0.1) is 13.8 Å². The quantitative estimate of drug-likeness (QED) is 0.682. The highest BCUT2D eigenvalue weighted by molar-refractivity contribution is 9.10. The summed E-state index contributed by atoms with van der Waals surface area (Å²) >= 11 is 3.60. The number of hydrogen-bond acceptors (Lipinski definition) is 1. The molecule has 3 aromatic rings. The van der Waals surface area contributed by atoms with Crippen LogP contribution in [0.1, 0.15) is 16.7 Å². The van der Waals surface area contributed by atoms with Crippen molar-refractivity contribution >= 4 is 32.5 Å². The molecule has 0 amide bonds. The molecule has 0 bridgehead atoms. The molecular formula is C17H17BrN2. The van der Waals surface area contributed by atoms with Crippen molar-refractivity contribution in [3.63, 3.8) is 0 Å². The summed E-state index contributed by atoms with van der Waals surface area (Å²) in [4.78, 5) is 3.25. The molecule has 0 aliphatic rings. The van der Waals surface area contributed by atoms with Crippen LogP contribution in [0.15, 0.2) is 47.1 Å². The van der Waals surface area contributed by atoms with Gasteiger partial charge in [0.15, 0.2) is 0 Å². The van der Waals surface area contributed by atoms with Gasteiger partial charge in [-0.2, -0.15) is 0 Å². The molecule has 0 fully saturated rings. The maximum atomic E-state index is 3.60. The minimum atomic E-state index is 0.829. The first-order valence-corrected chi connectivity index (χ1v) is 7.50. The Morgan fingerprint density at radius 1 is 1.10 bits per heavy atom. The number of nitrogens with one attached hydrogen (secondary N) is 2. The van der Waals surface area contributed by atoms with E-state index in [0.717, 1.165) is 12.2 Å². The summed E-state index contributed by atoms with van der Waals surface area (Å²) in [6.45, 7) is 5.07. The molecule has 3 heteroatoms. The second-order valence-corrected chi connectivity index (χ2v) is 5.93. The van der Waals surface area contributed by atoms with Gasteiger partial charge in [0.25, 0.3) is 0 Å². The van der Waals surface area contributed by atoms with Gasteiger partial charge in [0.1, 0.15) is 0 Å². The van der Waals surface area contributed by atoms with E-state index in [1.807, 2.05) is 6.20 Å². The number of hydrogen-bond donors (Lipinski definition) is 2. The SMILES string of the molecule is Cc1cc(NCc2cccc3[nH]ccc23)cc(C)c1Br. The Bertz CT molecular complexity index is 736. The molecule has 0 atom stereocenters. The summed E-state index contributed by atoms with van der Waals surface area (Å²) < 4.78 is 1.19. The van der Waals surface area contributed by atoms with Crippen LogP contribution in [-0.4, -0.2) is 4.98 Å². The van der Waals surface area contributed by atoms with Crippen molar-refractivity contribution < 1.29 is 0 Å². The number of rotatable bonds is 3. The second kappa shape index (κ2) is 5.33. The van der Waals surface area contributed by atoms with Crippen LogP contribution in [0.5, 0.6) is 0 Å². The molecule has 2 nitrogen and oxygen atoms in total. The molecule has 2 N–H and O–H groups in total. The van der Waals surface area contributed by atoms with Gasteiger partial charge in [0, 0.05) is 33.8 Å². The fourth-order valence-corrected chi connectivity index (χ4v) is 2.78. The van der Waals surface area contributed by atoms with Crippen molar-refractivity contribution in [2.75, 3.05) is 5.32 Å². The van der Waals surface area contributed by atoms with Gasteiger partial charge in [-0.1, -0.05) is 28.1 Å². The lowest BCUT2D eigenvalue weighted by Crippen LogP contribution is -2.00. The Kier molecular flexibility index (Phi) is 3.53. The minimum Gasteiger partial charge on any atom is -0.381 e. The molecule has 0 aliphatic heterocycles. The number of aromatic amines is 1. The van der Waals surface area contributed by atoms with Crippen molar-refractivity contribution in [3.8, 4) is 0 Å². The fourth-order valence-electron chi connectivity index (χ4n) is 2.55. The molecule has 3 rings (SSSR count). The van der Waals surface area contributed by atoms with Crippen molar-refractivity contribution in [3.05, 3.63) is 63.8 Å². The average Bonchev–Trinajstić information content (AvgIpc) is 2.91. The van der Waals surface area contributed by atoms with Crippen LogP contribution < -0.4 is 5.32 Å². The normalized spacial score (nSPS) is 10.9. The molecule has 0 saturated carbocycles. The third kappa shape index (κ3) is 2.46. The zero-order valence-corrected chi connectivity index (χ0v) is 13.2. The standard InChI is InChI=1S/C17H17BrN2/c1-11-8-14(9-12(2)17(11)18)20-10-13-4-3-5-16-15(13)6-7-19-16/h3-9,19-20H,10H2,1-2H3. The number of halogens is 1. The summed E-state index contributed by atoms with van der Waals surface area (Å²) in [5.41, 5.74) is 6.17. The van der Waals surface area contributed by atoms with E-state index in [1.165, 1.54) is 32.1 Å². The van der Waals surface area contributed by atoms with E-state index in [9.17, 15) is 0 Å². The van der Waals surface area contributed by atoms with E-state index in [2.05, 4.69) is 76.5 Å². The van der Waals surface area contributed by atoms with Gasteiger partial charge < -0.3 is 10.3 Å². The smallest absolute Gasteiger partial charge is 0.0457 e. The Hall–Kier alpha value is -1.74. The fraction of sp³-hybridized carbons (Fsp3) is 0.176. The van der Waals surface area contributed by atoms with Crippen LogP contribution in [0.3, 0.4) is 0 Å². The number of fused-ring (bicyclic) bond motifs is 1. The monoisotopic (exact) mass is 328 g/mol. The summed E-state index contributed by atoms with van der Waals surface area (Å²) in [7, 11) is 0. The lowest BCUT2D eigenvalue weighted by Gasteiger charge is -2.11. The first kappa shape index (κ1) is 13.3. The van der Waals surface area contributed by atoms with Crippen molar-refractivity contribution in [1.29, 1.82) is 0 Å². The predicted molar refractivity (Wildman–Crippen MR) is 89.2 cm³/mol. The number of aryl methyl sites for hydroxylation is 2. The van der Waals surface area contributed by atoms with Crippen molar-refractivity contribution in [1.82, 2.24) is 4.98 Å². The highest BCUT2D eigenvalue weighted by Crippen LogP contribution is 2.26. The van der Waals surface area contributed by atoms with Gasteiger partial charge in [-0.05, 0) is 54.8 Å². The summed E-state index contributed by atoms with van der Waals surface area (Å²) in [5.74, 6) is 0. The molecule has 0 radical (unpaired) electrons. The van der Waals surface area contributed by atoms with Crippen LogP contribution in [0.4, 0.5) is 5.69 Å². The molecule has 1 aromatic heterocycles. The van der Waals surface area contributed by atoms with E-state index in [0.29, 0.717) is 0 Å². The van der Waals surface area contributed by atoms with E-state index in [4.69, 9.17) is 0 Å². The number of benzene rings is 2. The first-order chi connectivity index (χ1) is 9.65. The van der Waals surface area contributed by atoms with E-state index >= 15 is 0 Å². The van der Waals surface area contributed by atoms with Crippen molar-refractivity contribution in [2.45, 2.75) is 20.4 Å². The van der Waals surface area contributed by atoms with E-state index < -0.39 is 0 Å². The van der Waals surface area contributed by atoms with Crippen LogP contribution in [-0.2, 0) is 6.54 Å². The van der Waals surface area contributed by atoms with Gasteiger partial charge >= 0.3 is 0 Å². The van der Waals surface area contributed by atoms with Gasteiger partial charge in [0.2, 0.25) is 0 Å². The molecule has 0 spiro atoms. The Balaban J connectivity index is 1.85. The zero-order chi connectivity index (χ0) is 14.1. The van der Waals surface area contributed by atoms with Gasteiger partial charge in [0.05, 0.1) is 0 Å². The molecule has 20 heavy (non-hydrogen) atoms. The maximum Gasteiger partial charge on any atom is 0.0457 e. The lowest BCUT2D eigenvalue weighted by molar-refractivity contribution is 1.16. The lowest BCUT2D eigenvalue weighted by atomic mass is 10.1. The highest BCUT2D eigenvalue weighted by Gasteiger charge is 2.04. The van der Waals surface area contributed by atoms with Gasteiger partial charge in [-0.3, -0.25) is 0 Å². The summed E-state index contributed by atoms with van der Waals surface area (Å²) in [6, 6.07) is 12.8. The molecule has 102 valence electrons. The third-order valence-corrected chi connectivity index (χ3v) is 4.86. The minimum absolute atomic E-state index is 0.829. The summed E-state index contributed by atoms with van der Waals surface area (Å²) in [5, 5.41) is 4.80. The third-order valence-electron chi connectivity index (χ3n) is 3.60. The molecule has 2 aromatic carbocycles.